The number of nitrogens with zero attached hydrogens (tertiary/aromatic N) is 1. The van der Waals surface area contributed by atoms with Crippen LogP contribution in [0.2, 0.25) is 13.1 Å². The van der Waals surface area contributed by atoms with E-state index in [-0.39, 0.29) is 6.92 Å². The summed E-state index contributed by atoms with van der Waals surface area (Å²) in [6, 6.07) is 0.717. The van der Waals surface area contributed by atoms with Crippen LogP contribution in [0, 0.1) is 5.92 Å². The Morgan fingerprint density at radius 1 is 1.21 bits per heavy atom. The first-order chi connectivity index (χ1) is 9.24. The van der Waals surface area contributed by atoms with E-state index in [9.17, 15) is 5.02 Å². The lowest BCUT2D eigenvalue weighted by Crippen LogP contribution is -2.41. The Balaban J connectivity index is 1.62. The predicted molar refractivity (Wildman–Crippen MR) is 82.7 cm³/mol. The number of hydrogen-bond acceptors (Lipinski definition) is 3. The van der Waals surface area contributed by atoms with E-state index in [1.54, 1.807) is 0 Å². The first-order valence-electron chi connectivity index (χ1n) is 8.38. The van der Waals surface area contributed by atoms with Crippen molar-refractivity contribution in [2.24, 2.45) is 5.92 Å². The SMILES string of the molecule is CB(O)CCC1CCNC(CCN2CCCCC2)C1. The normalized spacial score (nSPS) is 29.4. The minimum Gasteiger partial charge on any atom is -0.451 e. The van der Waals surface area contributed by atoms with Crippen LogP contribution in [0.3, 0.4) is 0 Å². The van der Waals surface area contributed by atoms with Crippen molar-refractivity contribution in [1.29, 1.82) is 0 Å². The van der Waals surface area contributed by atoms with Gasteiger partial charge >= 0.3 is 0 Å². The summed E-state index contributed by atoms with van der Waals surface area (Å²) in [4.78, 5) is 2.64. The number of rotatable bonds is 6. The van der Waals surface area contributed by atoms with Gasteiger partial charge in [-0.05, 0) is 70.5 Å². The third-order valence-corrected chi connectivity index (χ3v) is 4.84. The van der Waals surface area contributed by atoms with E-state index in [1.165, 1.54) is 71.1 Å². The minimum atomic E-state index is -0.123. The summed E-state index contributed by atoms with van der Waals surface area (Å²) in [5.41, 5.74) is 0. The van der Waals surface area contributed by atoms with Crippen LogP contribution in [0.4, 0.5) is 0 Å². The molecule has 0 aliphatic carbocycles. The lowest BCUT2D eigenvalue weighted by atomic mass is 9.65. The van der Waals surface area contributed by atoms with Crippen LogP contribution in [0.5, 0.6) is 0 Å². The second-order valence-corrected chi connectivity index (χ2v) is 6.66. The highest BCUT2D eigenvalue weighted by Gasteiger charge is 2.22. The molecule has 0 radical (unpaired) electrons. The molecule has 0 aromatic rings. The molecule has 2 unspecified atom stereocenters. The molecule has 2 aliphatic heterocycles. The van der Waals surface area contributed by atoms with Crippen molar-refractivity contribution in [3.8, 4) is 0 Å². The third kappa shape index (κ3) is 5.84. The fraction of sp³-hybridized carbons (Fsp3) is 1.00. The van der Waals surface area contributed by atoms with E-state index in [2.05, 4.69) is 10.2 Å². The van der Waals surface area contributed by atoms with Crippen molar-refractivity contribution in [1.82, 2.24) is 10.2 Å². The Morgan fingerprint density at radius 3 is 2.74 bits per heavy atom. The van der Waals surface area contributed by atoms with E-state index < -0.39 is 0 Å². The van der Waals surface area contributed by atoms with Crippen molar-refractivity contribution >= 4 is 6.92 Å². The summed E-state index contributed by atoms with van der Waals surface area (Å²) in [5, 5.41) is 13.1. The van der Waals surface area contributed by atoms with Gasteiger partial charge in [-0.25, -0.2) is 0 Å². The van der Waals surface area contributed by atoms with Crippen LogP contribution in [0.15, 0.2) is 0 Å². The summed E-state index contributed by atoms with van der Waals surface area (Å²) >= 11 is 0. The zero-order valence-electron chi connectivity index (χ0n) is 12.6. The fourth-order valence-corrected chi connectivity index (χ4v) is 3.58. The maximum Gasteiger partial charge on any atom is 0.285 e. The van der Waals surface area contributed by atoms with Gasteiger partial charge in [0, 0.05) is 6.04 Å². The summed E-state index contributed by atoms with van der Waals surface area (Å²) in [6.45, 7) is 6.88. The van der Waals surface area contributed by atoms with Crippen LogP contribution >= 0.6 is 0 Å². The zero-order valence-corrected chi connectivity index (χ0v) is 12.6. The van der Waals surface area contributed by atoms with Crippen LogP contribution < -0.4 is 5.32 Å². The summed E-state index contributed by atoms with van der Waals surface area (Å²) in [6.07, 6.45) is 10.3. The third-order valence-electron chi connectivity index (χ3n) is 4.84. The number of hydrogen-bond donors (Lipinski definition) is 2. The molecule has 0 aromatic carbocycles. The highest BCUT2D eigenvalue weighted by molar-refractivity contribution is 6.48. The summed E-state index contributed by atoms with van der Waals surface area (Å²) in [5.74, 6) is 0.835. The van der Waals surface area contributed by atoms with E-state index in [0.29, 0.717) is 0 Å². The molecule has 0 saturated carbocycles. The van der Waals surface area contributed by atoms with Crippen molar-refractivity contribution in [3.05, 3.63) is 0 Å². The van der Waals surface area contributed by atoms with Gasteiger partial charge in [0.15, 0.2) is 0 Å². The highest BCUT2D eigenvalue weighted by Crippen LogP contribution is 2.24. The smallest absolute Gasteiger partial charge is 0.285 e. The van der Waals surface area contributed by atoms with Gasteiger partial charge in [0.05, 0.1) is 0 Å². The lowest BCUT2D eigenvalue weighted by molar-refractivity contribution is 0.200. The number of piperidine rings is 2. The number of likely N-dealkylation sites (tertiary alicyclic amines) is 1. The predicted octanol–water partition coefficient (Wildman–Crippen LogP) is 2.23. The van der Waals surface area contributed by atoms with E-state index >= 15 is 0 Å². The molecule has 0 spiro atoms. The Hall–Kier alpha value is -0.0551. The molecule has 2 saturated heterocycles. The second-order valence-electron chi connectivity index (χ2n) is 6.66. The maximum atomic E-state index is 9.40. The summed E-state index contributed by atoms with van der Waals surface area (Å²) < 4.78 is 0. The number of nitrogens with one attached hydrogen (secondary N) is 1. The van der Waals surface area contributed by atoms with Crippen LogP contribution in [-0.2, 0) is 0 Å². The topological polar surface area (TPSA) is 35.5 Å². The Labute approximate surface area is 119 Å². The first-order valence-corrected chi connectivity index (χ1v) is 8.38. The van der Waals surface area contributed by atoms with Gasteiger partial charge in [-0.2, -0.15) is 0 Å². The van der Waals surface area contributed by atoms with Crippen LogP contribution in [-0.4, -0.2) is 49.1 Å². The minimum absolute atomic E-state index is 0.123. The van der Waals surface area contributed by atoms with Gasteiger partial charge in [0.1, 0.15) is 0 Å². The molecule has 2 aliphatic rings. The molecular weight excluding hydrogens is 235 g/mol. The highest BCUT2D eigenvalue weighted by atomic mass is 16.2. The molecular formula is C15H31BN2O. The van der Waals surface area contributed by atoms with Gasteiger partial charge in [-0.15, -0.1) is 0 Å². The van der Waals surface area contributed by atoms with Crippen LogP contribution in [0.1, 0.15) is 44.9 Å². The molecule has 4 heteroatoms. The molecule has 0 aromatic heterocycles. The van der Waals surface area contributed by atoms with Gasteiger partial charge < -0.3 is 15.2 Å². The molecule has 2 N–H and O–H groups in total. The first kappa shape index (κ1) is 15.3. The second kappa shape index (κ2) is 8.28. The molecule has 2 atom stereocenters. The van der Waals surface area contributed by atoms with Crippen molar-refractivity contribution in [2.45, 2.75) is 64.1 Å². The van der Waals surface area contributed by atoms with Crippen molar-refractivity contribution in [2.75, 3.05) is 26.2 Å². The van der Waals surface area contributed by atoms with Gasteiger partial charge in [0.25, 0.3) is 6.92 Å². The standard InChI is InChI=1S/C15H31BN2O/c1-16(19)8-5-14-6-9-17-15(13-14)7-12-18-10-3-2-4-11-18/h14-15,17,19H,2-13H2,1H3. The molecule has 2 fully saturated rings. The molecule has 0 amide bonds. The largest absolute Gasteiger partial charge is 0.451 e. The Bertz CT molecular complexity index is 244. The van der Waals surface area contributed by atoms with Gasteiger partial charge in [-0.3, -0.25) is 0 Å². The van der Waals surface area contributed by atoms with Crippen molar-refractivity contribution in [3.63, 3.8) is 0 Å². The molecule has 19 heavy (non-hydrogen) atoms. The molecule has 110 valence electrons. The monoisotopic (exact) mass is 266 g/mol. The zero-order chi connectivity index (χ0) is 13.5. The van der Waals surface area contributed by atoms with Crippen molar-refractivity contribution < 1.29 is 5.02 Å². The van der Waals surface area contributed by atoms with Gasteiger partial charge in [0.2, 0.25) is 0 Å². The van der Waals surface area contributed by atoms with Gasteiger partial charge in [-0.1, -0.05) is 19.7 Å². The molecule has 2 heterocycles. The lowest BCUT2D eigenvalue weighted by Gasteiger charge is -2.33. The molecule has 3 nitrogen and oxygen atoms in total. The Morgan fingerprint density at radius 2 is 2.00 bits per heavy atom. The van der Waals surface area contributed by atoms with E-state index in [4.69, 9.17) is 0 Å². The van der Waals surface area contributed by atoms with E-state index in [1.807, 2.05) is 6.82 Å². The molecule has 0 bridgehead atoms. The van der Waals surface area contributed by atoms with E-state index in [0.717, 1.165) is 18.3 Å². The average molecular weight is 266 g/mol. The fourth-order valence-electron chi connectivity index (χ4n) is 3.58. The van der Waals surface area contributed by atoms with Crippen LogP contribution in [0.25, 0.3) is 0 Å². The molecule has 2 rings (SSSR count). The average Bonchev–Trinajstić information content (AvgIpc) is 2.44. The maximum absolute atomic E-state index is 9.40. The quantitative estimate of drug-likeness (QED) is 0.724. The Kier molecular flexibility index (Phi) is 6.68. The summed E-state index contributed by atoms with van der Waals surface area (Å²) in [7, 11) is 0.